The highest BCUT2D eigenvalue weighted by atomic mass is 16.5. The molecule has 0 saturated heterocycles. The largest absolute Gasteiger partial charge is 0.493 e. The average Bonchev–Trinajstić information content (AvgIpc) is 2.91. The van der Waals surface area contributed by atoms with Crippen LogP contribution in [0.25, 0.3) is 0 Å². The van der Waals surface area contributed by atoms with Gasteiger partial charge in [-0.05, 0) is 37.3 Å². The Morgan fingerprint density at radius 1 is 1.10 bits per heavy atom. The van der Waals surface area contributed by atoms with Gasteiger partial charge in [0.25, 0.3) is 0 Å². The number of aliphatic hydroxyl groups excluding tert-OH is 1. The number of aliphatic hydroxyl groups is 1. The molecule has 3 heteroatoms. The molecule has 0 amide bonds. The van der Waals surface area contributed by atoms with Crippen LogP contribution in [0.2, 0.25) is 0 Å². The molecule has 110 valence electrons. The molecule has 2 N–H and O–H groups in total. The summed E-state index contributed by atoms with van der Waals surface area (Å²) in [7, 11) is 0. The van der Waals surface area contributed by atoms with Crippen molar-refractivity contribution in [2.45, 2.75) is 31.6 Å². The number of rotatable bonds is 5. The summed E-state index contributed by atoms with van der Waals surface area (Å²) in [5.74, 6) is 2.67. The number of benzene rings is 1. The van der Waals surface area contributed by atoms with Crippen LogP contribution in [0.15, 0.2) is 24.3 Å². The van der Waals surface area contributed by atoms with Gasteiger partial charge in [-0.25, -0.2) is 0 Å². The molecule has 3 rings (SSSR count). The predicted molar refractivity (Wildman–Crippen MR) is 80.1 cm³/mol. The fraction of sp³-hybridized carbons (Fsp3) is 0.647. The Balaban J connectivity index is 1.48. The summed E-state index contributed by atoms with van der Waals surface area (Å²) in [5, 5.41) is 13.1. The van der Waals surface area contributed by atoms with Crippen molar-refractivity contribution in [3.8, 4) is 5.75 Å². The third-order valence-corrected chi connectivity index (χ3v) is 4.90. The predicted octanol–water partition coefficient (Wildman–Crippen LogP) is 2.55. The Morgan fingerprint density at radius 2 is 1.90 bits per heavy atom. The molecule has 3 nitrogen and oxygen atoms in total. The fourth-order valence-electron chi connectivity index (χ4n) is 3.63. The number of nitrogens with one attached hydrogen (secondary N) is 1. The monoisotopic (exact) mass is 275 g/mol. The summed E-state index contributed by atoms with van der Waals surface area (Å²) < 4.78 is 5.72. The Bertz CT molecular complexity index is 435. The first kappa shape index (κ1) is 13.9. The van der Waals surface area contributed by atoms with Crippen LogP contribution in [-0.4, -0.2) is 31.4 Å². The number of hydrogen-bond acceptors (Lipinski definition) is 3. The second-order valence-electron chi connectivity index (χ2n) is 6.19. The molecule has 0 aromatic heterocycles. The van der Waals surface area contributed by atoms with E-state index in [-0.39, 0.29) is 0 Å². The molecule has 2 aliphatic rings. The molecule has 3 atom stereocenters. The summed E-state index contributed by atoms with van der Waals surface area (Å²) >= 11 is 0. The molecule has 0 spiro atoms. The molecule has 20 heavy (non-hydrogen) atoms. The highest BCUT2D eigenvalue weighted by Crippen LogP contribution is 2.33. The topological polar surface area (TPSA) is 41.5 Å². The third kappa shape index (κ3) is 2.99. The zero-order valence-electron chi connectivity index (χ0n) is 12.1. The summed E-state index contributed by atoms with van der Waals surface area (Å²) in [6.07, 6.45) is 5.05. The summed E-state index contributed by atoms with van der Waals surface area (Å²) in [4.78, 5) is 0. The first-order valence-electron chi connectivity index (χ1n) is 7.91. The quantitative estimate of drug-likeness (QED) is 0.868. The van der Waals surface area contributed by atoms with Gasteiger partial charge in [-0.2, -0.15) is 0 Å². The Hall–Kier alpha value is -1.06. The van der Waals surface area contributed by atoms with Crippen molar-refractivity contribution in [2.24, 2.45) is 11.8 Å². The van der Waals surface area contributed by atoms with Crippen LogP contribution in [0.5, 0.6) is 5.75 Å². The minimum atomic E-state index is 0.349. The van der Waals surface area contributed by atoms with Gasteiger partial charge in [-0.1, -0.05) is 31.0 Å². The highest BCUT2D eigenvalue weighted by molar-refractivity contribution is 5.39. The Morgan fingerprint density at radius 3 is 2.75 bits per heavy atom. The maximum atomic E-state index is 9.45. The van der Waals surface area contributed by atoms with E-state index in [1.807, 2.05) is 6.07 Å². The van der Waals surface area contributed by atoms with Crippen molar-refractivity contribution in [1.29, 1.82) is 0 Å². The second-order valence-corrected chi connectivity index (χ2v) is 6.19. The maximum absolute atomic E-state index is 9.45. The van der Waals surface area contributed by atoms with Crippen LogP contribution in [0.4, 0.5) is 0 Å². The zero-order valence-corrected chi connectivity index (χ0v) is 12.1. The number of hydrogen-bond donors (Lipinski definition) is 2. The number of para-hydroxylation sites is 1. The normalized spacial score (nSPS) is 28.9. The first-order valence-corrected chi connectivity index (χ1v) is 7.91. The average molecular weight is 275 g/mol. The molecule has 1 aromatic rings. The smallest absolute Gasteiger partial charge is 0.122 e. The van der Waals surface area contributed by atoms with E-state index in [2.05, 4.69) is 23.5 Å². The SMILES string of the molecule is OCC1CCCCC1CNCC1COc2ccccc21. The van der Waals surface area contributed by atoms with Gasteiger partial charge < -0.3 is 15.2 Å². The van der Waals surface area contributed by atoms with E-state index in [0.717, 1.165) is 25.4 Å². The number of fused-ring (bicyclic) bond motifs is 1. The van der Waals surface area contributed by atoms with Gasteiger partial charge in [0, 0.05) is 24.6 Å². The van der Waals surface area contributed by atoms with Gasteiger partial charge in [0.1, 0.15) is 5.75 Å². The standard InChI is InChI=1S/C17H25NO2/c19-11-14-6-2-1-5-13(14)9-18-10-15-12-20-17-8-4-3-7-16(15)17/h3-4,7-8,13-15,18-19H,1-2,5-6,9-12H2. The lowest BCUT2D eigenvalue weighted by Gasteiger charge is -2.30. The minimum Gasteiger partial charge on any atom is -0.493 e. The van der Waals surface area contributed by atoms with Gasteiger partial charge in [-0.15, -0.1) is 0 Å². The van der Waals surface area contributed by atoms with E-state index in [4.69, 9.17) is 4.74 Å². The van der Waals surface area contributed by atoms with Gasteiger partial charge in [0.15, 0.2) is 0 Å². The summed E-state index contributed by atoms with van der Waals surface area (Å²) in [5.41, 5.74) is 1.34. The van der Waals surface area contributed by atoms with Gasteiger partial charge in [0.05, 0.1) is 6.61 Å². The van der Waals surface area contributed by atoms with E-state index in [1.165, 1.54) is 31.2 Å². The van der Waals surface area contributed by atoms with E-state index in [1.54, 1.807) is 0 Å². The van der Waals surface area contributed by atoms with Crippen molar-refractivity contribution in [2.75, 3.05) is 26.3 Å². The molecule has 0 bridgehead atoms. The van der Waals surface area contributed by atoms with Crippen molar-refractivity contribution in [3.05, 3.63) is 29.8 Å². The molecular formula is C17H25NO2. The van der Waals surface area contributed by atoms with E-state index >= 15 is 0 Å². The van der Waals surface area contributed by atoms with Crippen LogP contribution in [0.3, 0.4) is 0 Å². The van der Waals surface area contributed by atoms with Crippen molar-refractivity contribution >= 4 is 0 Å². The molecule has 1 heterocycles. The molecule has 1 fully saturated rings. The van der Waals surface area contributed by atoms with Crippen LogP contribution < -0.4 is 10.1 Å². The highest BCUT2D eigenvalue weighted by Gasteiger charge is 2.26. The molecule has 3 unspecified atom stereocenters. The molecule has 0 radical (unpaired) electrons. The number of ether oxygens (including phenoxy) is 1. The van der Waals surface area contributed by atoms with Crippen LogP contribution in [0, 0.1) is 11.8 Å². The van der Waals surface area contributed by atoms with Crippen LogP contribution in [-0.2, 0) is 0 Å². The third-order valence-electron chi connectivity index (χ3n) is 4.90. The van der Waals surface area contributed by atoms with Crippen LogP contribution >= 0.6 is 0 Å². The maximum Gasteiger partial charge on any atom is 0.122 e. The Labute approximate surface area is 121 Å². The molecule has 1 saturated carbocycles. The summed E-state index contributed by atoms with van der Waals surface area (Å²) in [6.45, 7) is 3.15. The van der Waals surface area contributed by atoms with Gasteiger partial charge >= 0.3 is 0 Å². The molecule has 1 aliphatic carbocycles. The molecule has 1 aromatic carbocycles. The zero-order chi connectivity index (χ0) is 13.8. The molecule has 1 aliphatic heterocycles. The summed E-state index contributed by atoms with van der Waals surface area (Å²) in [6, 6.07) is 8.34. The second kappa shape index (κ2) is 6.59. The lowest BCUT2D eigenvalue weighted by molar-refractivity contribution is 0.133. The van der Waals surface area contributed by atoms with Crippen molar-refractivity contribution in [1.82, 2.24) is 5.32 Å². The van der Waals surface area contributed by atoms with Gasteiger partial charge in [0.2, 0.25) is 0 Å². The lowest BCUT2D eigenvalue weighted by Crippen LogP contribution is -2.34. The van der Waals surface area contributed by atoms with Gasteiger partial charge in [-0.3, -0.25) is 0 Å². The van der Waals surface area contributed by atoms with E-state index in [0.29, 0.717) is 24.4 Å². The van der Waals surface area contributed by atoms with Crippen molar-refractivity contribution < 1.29 is 9.84 Å². The van der Waals surface area contributed by atoms with Crippen LogP contribution in [0.1, 0.15) is 37.2 Å². The molecular weight excluding hydrogens is 250 g/mol. The van der Waals surface area contributed by atoms with Crippen molar-refractivity contribution in [3.63, 3.8) is 0 Å². The lowest BCUT2D eigenvalue weighted by atomic mass is 9.79. The van der Waals surface area contributed by atoms with E-state index in [9.17, 15) is 5.11 Å². The Kier molecular flexibility index (Phi) is 4.58. The van der Waals surface area contributed by atoms with E-state index < -0.39 is 0 Å². The minimum absolute atomic E-state index is 0.349. The first-order chi connectivity index (χ1) is 9.88. The fourth-order valence-corrected chi connectivity index (χ4v) is 3.63.